The third kappa shape index (κ3) is 2.90. The summed E-state index contributed by atoms with van der Waals surface area (Å²) in [5.41, 5.74) is 2.56. The van der Waals surface area contributed by atoms with Gasteiger partial charge in [-0.2, -0.15) is 5.10 Å². The highest BCUT2D eigenvalue weighted by molar-refractivity contribution is 5.14. The molecule has 0 unspecified atom stereocenters. The van der Waals surface area contributed by atoms with Gasteiger partial charge >= 0.3 is 0 Å². The number of nitrogens with zero attached hydrogens (tertiary/aromatic N) is 3. The molecular weight excluding hydrogens is 236 g/mol. The highest BCUT2D eigenvalue weighted by atomic mass is 15.3. The van der Waals surface area contributed by atoms with Crippen LogP contribution in [-0.2, 0) is 19.6 Å². The Balaban J connectivity index is 1.62. The minimum atomic E-state index is 0.622. The van der Waals surface area contributed by atoms with E-state index in [0.717, 1.165) is 32.7 Å². The topological polar surface area (TPSA) is 33.1 Å². The summed E-state index contributed by atoms with van der Waals surface area (Å²) in [6.45, 7) is 7.34. The van der Waals surface area contributed by atoms with Crippen molar-refractivity contribution >= 4 is 0 Å². The SMILES string of the molecule is CCCC[C@H]1C=CCN1Cc1cc2n(n1)CCNC2. The van der Waals surface area contributed by atoms with Gasteiger partial charge in [-0.15, -0.1) is 0 Å². The van der Waals surface area contributed by atoms with Gasteiger partial charge in [0.25, 0.3) is 0 Å². The van der Waals surface area contributed by atoms with Gasteiger partial charge in [0.15, 0.2) is 0 Å². The van der Waals surface area contributed by atoms with E-state index in [2.05, 4.69) is 40.0 Å². The molecule has 4 heteroatoms. The van der Waals surface area contributed by atoms with E-state index in [1.165, 1.54) is 30.7 Å². The first-order valence-corrected chi connectivity index (χ1v) is 7.54. The van der Waals surface area contributed by atoms with Crippen molar-refractivity contribution in [3.05, 3.63) is 29.6 Å². The van der Waals surface area contributed by atoms with Crippen molar-refractivity contribution in [3.8, 4) is 0 Å². The summed E-state index contributed by atoms with van der Waals surface area (Å²) in [5.74, 6) is 0. The highest BCUT2D eigenvalue weighted by Crippen LogP contribution is 2.19. The summed E-state index contributed by atoms with van der Waals surface area (Å²) in [4.78, 5) is 2.54. The highest BCUT2D eigenvalue weighted by Gasteiger charge is 2.21. The van der Waals surface area contributed by atoms with Crippen molar-refractivity contribution in [2.45, 2.75) is 51.9 Å². The predicted octanol–water partition coefficient (Wildman–Crippen LogP) is 1.92. The summed E-state index contributed by atoms with van der Waals surface area (Å²) < 4.78 is 2.16. The zero-order valence-electron chi connectivity index (χ0n) is 11.8. The number of aromatic nitrogens is 2. The van der Waals surface area contributed by atoms with Crippen LogP contribution in [0, 0.1) is 0 Å². The average molecular weight is 260 g/mol. The van der Waals surface area contributed by atoms with Crippen molar-refractivity contribution in [2.24, 2.45) is 0 Å². The number of hydrogen-bond acceptors (Lipinski definition) is 3. The fourth-order valence-electron chi connectivity index (χ4n) is 3.02. The molecule has 0 bridgehead atoms. The Labute approximate surface area is 115 Å². The van der Waals surface area contributed by atoms with Gasteiger partial charge in [0.1, 0.15) is 0 Å². The molecule has 3 rings (SSSR count). The van der Waals surface area contributed by atoms with Gasteiger partial charge in [0.2, 0.25) is 0 Å². The van der Waals surface area contributed by atoms with E-state index in [1.807, 2.05) is 0 Å². The molecule has 1 N–H and O–H groups in total. The molecule has 3 heterocycles. The van der Waals surface area contributed by atoms with E-state index in [9.17, 15) is 0 Å². The fourth-order valence-corrected chi connectivity index (χ4v) is 3.02. The van der Waals surface area contributed by atoms with E-state index in [-0.39, 0.29) is 0 Å². The molecule has 0 fully saturated rings. The molecule has 0 radical (unpaired) electrons. The van der Waals surface area contributed by atoms with Crippen molar-refractivity contribution in [1.82, 2.24) is 20.0 Å². The molecule has 2 aliphatic heterocycles. The molecule has 0 aromatic carbocycles. The lowest BCUT2D eigenvalue weighted by Crippen LogP contribution is -2.30. The molecule has 19 heavy (non-hydrogen) atoms. The molecule has 0 saturated carbocycles. The molecule has 0 saturated heterocycles. The maximum Gasteiger partial charge on any atom is 0.0768 e. The van der Waals surface area contributed by atoms with Gasteiger partial charge in [-0.3, -0.25) is 9.58 Å². The third-order valence-corrected chi connectivity index (χ3v) is 4.11. The second-order valence-corrected chi connectivity index (χ2v) is 5.59. The van der Waals surface area contributed by atoms with Gasteiger partial charge in [-0.25, -0.2) is 0 Å². The van der Waals surface area contributed by atoms with Crippen molar-refractivity contribution in [2.75, 3.05) is 13.1 Å². The van der Waals surface area contributed by atoms with E-state index >= 15 is 0 Å². The van der Waals surface area contributed by atoms with Crippen LogP contribution in [0.1, 0.15) is 37.6 Å². The molecule has 1 atom stereocenters. The quantitative estimate of drug-likeness (QED) is 0.821. The Bertz CT molecular complexity index is 425. The molecule has 4 nitrogen and oxygen atoms in total. The lowest BCUT2D eigenvalue weighted by molar-refractivity contribution is 0.246. The second kappa shape index (κ2) is 5.88. The Morgan fingerprint density at radius 1 is 1.47 bits per heavy atom. The van der Waals surface area contributed by atoms with Crippen LogP contribution in [0.25, 0.3) is 0 Å². The normalized spacial score (nSPS) is 22.9. The first-order valence-electron chi connectivity index (χ1n) is 7.54. The van der Waals surface area contributed by atoms with E-state index in [0.29, 0.717) is 6.04 Å². The number of fused-ring (bicyclic) bond motifs is 1. The van der Waals surface area contributed by atoms with Crippen LogP contribution in [-0.4, -0.2) is 33.8 Å². The molecular formula is C15H24N4. The number of nitrogens with one attached hydrogen (secondary N) is 1. The Morgan fingerprint density at radius 2 is 2.42 bits per heavy atom. The maximum atomic E-state index is 4.74. The number of unbranched alkanes of at least 4 members (excludes halogenated alkanes) is 1. The predicted molar refractivity (Wildman–Crippen MR) is 76.8 cm³/mol. The van der Waals surface area contributed by atoms with Crippen LogP contribution in [0.2, 0.25) is 0 Å². The smallest absolute Gasteiger partial charge is 0.0768 e. The molecule has 0 spiro atoms. The molecule has 0 amide bonds. The van der Waals surface area contributed by atoms with Crippen LogP contribution in [0.5, 0.6) is 0 Å². The first-order chi connectivity index (χ1) is 9.36. The van der Waals surface area contributed by atoms with E-state index < -0.39 is 0 Å². The second-order valence-electron chi connectivity index (χ2n) is 5.59. The van der Waals surface area contributed by atoms with Crippen LogP contribution in [0.3, 0.4) is 0 Å². The average Bonchev–Trinajstić information content (AvgIpc) is 3.02. The fraction of sp³-hybridized carbons (Fsp3) is 0.667. The number of rotatable bonds is 5. The van der Waals surface area contributed by atoms with Crippen LogP contribution < -0.4 is 5.32 Å². The van der Waals surface area contributed by atoms with Gasteiger partial charge < -0.3 is 5.32 Å². The monoisotopic (exact) mass is 260 g/mol. The van der Waals surface area contributed by atoms with Crippen molar-refractivity contribution < 1.29 is 0 Å². The molecule has 2 aliphatic rings. The molecule has 0 aliphatic carbocycles. The Morgan fingerprint density at radius 3 is 3.26 bits per heavy atom. The molecule has 104 valence electrons. The van der Waals surface area contributed by atoms with Crippen LogP contribution in [0.15, 0.2) is 18.2 Å². The summed E-state index contributed by atoms with van der Waals surface area (Å²) in [5, 5.41) is 8.13. The zero-order chi connectivity index (χ0) is 13.1. The maximum absolute atomic E-state index is 4.74. The molecule has 1 aromatic rings. The minimum absolute atomic E-state index is 0.622. The lowest BCUT2D eigenvalue weighted by Gasteiger charge is -2.23. The molecule has 1 aromatic heterocycles. The third-order valence-electron chi connectivity index (χ3n) is 4.11. The van der Waals surface area contributed by atoms with Crippen molar-refractivity contribution in [3.63, 3.8) is 0 Å². The first kappa shape index (κ1) is 12.9. The van der Waals surface area contributed by atoms with Crippen molar-refractivity contribution in [1.29, 1.82) is 0 Å². The minimum Gasteiger partial charge on any atom is -0.309 e. The van der Waals surface area contributed by atoms with E-state index in [4.69, 9.17) is 5.10 Å². The summed E-state index contributed by atoms with van der Waals surface area (Å²) in [6, 6.07) is 2.89. The standard InChI is InChI=1S/C15H24N4/c1-2-3-5-14-6-4-8-18(14)12-13-10-15-11-16-7-9-19(15)17-13/h4,6,10,14,16H,2-3,5,7-9,11-12H2,1H3/t14-/m0/s1. The van der Waals surface area contributed by atoms with Crippen LogP contribution in [0.4, 0.5) is 0 Å². The lowest BCUT2D eigenvalue weighted by atomic mass is 10.1. The summed E-state index contributed by atoms with van der Waals surface area (Å²) >= 11 is 0. The van der Waals surface area contributed by atoms with E-state index in [1.54, 1.807) is 0 Å². The summed E-state index contributed by atoms with van der Waals surface area (Å²) in [7, 11) is 0. The summed E-state index contributed by atoms with van der Waals surface area (Å²) in [6.07, 6.45) is 8.55. The zero-order valence-corrected chi connectivity index (χ0v) is 11.8. The largest absolute Gasteiger partial charge is 0.309 e. The number of hydrogen-bond donors (Lipinski definition) is 1. The van der Waals surface area contributed by atoms with Gasteiger partial charge in [-0.05, 0) is 12.5 Å². The van der Waals surface area contributed by atoms with Gasteiger partial charge in [-0.1, -0.05) is 31.9 Å². The van der Waals surface area contributed by atoms with Crippen LogP contribution >= 0.6 is 0 Å². The Hall–Kier alpha value is -1.13. The van der Waals surface area contributed by atoms with Gasteiger partial charge in [0, 0.05) is 32.2 Å². The van der Waals surface area contributed by atoms with Gasteiger partial charge in [0.05, 0.1) is 17.9 Å². The Kier molecular flexibility index (Phi) is 3.99.